The van der Waals surface area contributed by atoms with E-state index < -0.39 is 0 Å². The summed E-state index contributed by atoms with van der Waals surface area (Å²) in [5, 5.41) is 7.66. The Balaban J connectivity index is 1.96. The van der Waals surface area contributed by atoms with Crippen LogP contribution in [0.15, 0.2) is 6.33 Å². The summed E-state index contributed by atoms with van der Waals surface area (Å²) in [5.74, 6) is 1.02. The molecule has 0 bridgehead atoms. The van der Waals surface area contributed by atoms with Crippen LogP contribution in [-0.2, 0) is 6.42 Å². The fourth-order valence-corrected chi connectivity index (χ4v) is 1.25. The number of unbranched alkanes of at least 4 members (excludes halogenated alkanes) is 4. The molecule has 0 aliphatic heterocycles. The second-order valence-corrected chi connectivity index (χ2v) is 3.10. The summed E-state index contributed by atoms with van der Waals surface area (Å²) in [6, 6.07) is 0. The average molecular weight is 167 g/mol. The molecule has 0 aromatic carbocycles. The molecule has 0 atom stereocenters. The third-order valence-corrected chi connectivity index (χ3v) is 1.98. The summed E-state index contributed by atoms with van der Waals surface area (Å²) in [4.78, 5) is 3.01. The van der Waals surface area contributed by atoms with Crippen LogP contribution in [0, 0.1) is 0 Å². The lowest BCUT2D eigenvalue weighted by molar-refractivity contribution is 0.623. The predicted octanol–water partition coefficient (Wildman–Crippen LogP) is 2.32. The highest BCUT2D eigenvalue weighted by molar-refractivity contribution is 4.79. The van der Waals surface area contributed by atoms with Crippen molar-refractivity contribution >= 4 is 0 Å². The monoisotopic (exact) mass is 167 g/mol. The van der Waals surface area contributed by atoms with Crippen LogP contribution in [0.1, 0.15) is 44.9 Å². The molecule has 3 heteroatoms. The number of hydrogen-bond acceptors (Lipinski definition) is 2. The van der Waals surface area contributed by atoms with Crippen molar-refractivity contribution in [3.05, 3.63) is 12.2 Å². The summed E-state index contributed by atoms with van der Waals surface area (Å²) >= 11 is 0. The molecular formula is C9H17N3. The third-order valence-electron chi connectivity index (χ3n) is 1.98. The fraction of sp³-hybridized carbons (Fsp3) is 0.778. The topological polar surface area (TPSA) is 41.6 Å². The minimum Gasteiger partial charge on any atom is -0.332 e. The van der Waals surface area contributed by atoms with Gasteiger partial charge in [0.25, 0.3) is 0 Å². The van der Waals surface area contributed by atoms with Gasteiger partial charge in [0, 0.05) is 6.42 Å². The summed E-state index contributed by atoms with van der Waals surface area (Å²) < 4.78 is 0. The van der Waals surface area contributed by atoms with Crippen molar-refractivity contribution in [2.75, 3.05) is 0 Å². The van der Waals surface area contributed by atoms with Crippen LogP contribution in [0.5, 0.6) is 0 Å². The van der Waals surface area contributed by atoms with Gasteiger partial charge in [-0.25, -0.2) is 0 Å². The second-order valence-electron chi connectivity index (χ2n) is 3.10. The maximum absolute atomic E-state index is 3.93. The second kappa shape index (κ2) is 5.75. The first kappa shape index (κ1) is 9.23. The van der Waals surface area contributed by atoms with E-state index in [0.29, 0.717) is 0 Å². The van der Waals surface area contributed by atoms with Crippen LogP contribution < -0.4 is 0 Å². The van der Waals surface area contributed by atoms with Crippen LogP contribution in [0.2, 0.25) is 0 Å². The maximum atomic E-state index is 3.93. The number of H-pyrrole nitrogens is 1. The van der Waals surface area contributed by atoms with Crippen molar-refractivity contribution in [1.82, 2.24) is 15.2 Å². The molecule has 0 amide bonds. The van der Waals surface area contributed by atoms with Gasteiger partial charge in [0.1, 0.15) is 12.2 Å². The van der Waals surface area contributed by atoms with Crippen molar-refractivity contribution in [3.8, 4) is 0 Å². The van der Waals surface area contributed by atoms with E-state index in [1.54, 1.807) is 6.33 Å². The molecule has 1 aromatic rings. The molecular weight excluding hydrogens is 150 g/mol. The molecule has 0 spiro atoms. The van der Waals surface area contributed by atoms with Gasteiger partial charge >= 0.3 is 0 Å². The zero-order valence-electron chi connectivity index (χ0n) is 7.71. The largest absolute Gasteiger partial charge is 0.332 e. The highest BCUT2D eigenvalue weighted by Gasteiger charge is 1.94. The first-order valence-electron chi connectivity index (χ1n) is 4.78. The molecule has 0 aliphatic carbocycles. The Morgan fingerprint density at radius 2 is 2.08 bits per heavy atom. The molecule has 1 rings (SSSR count). The van der Waals surface area contributed by atoms with Gasteiger partial charge in [-0.1, -0.05) is 32.6 Å². The minimum atomic E-state index is 1.02. The molecule has 0 saturated heterocycles. The summed E-state index contributed by atoms with van der Waals surface area (Å²) in [7, 11) is 0. The van der Waals surface area contributed by atoms with Crippen molar-refractivity contribution in [2.24, 2.45) is 0 Å². The first-order chi connectivity index (χ1) is 5.93. The number of nitrogens with one attached hydrogen (secondary N) is 1. The Kier molecular flexibility index (Phi) is 4.42. The quantitative estimate of drug-likeness (QED) is 0.660. The van der Waals surface area contributed by atoms with Crippen LogP contribution >= 0.6 is 0 Å². The van der Waals surface area contributed by atoms with Crippen molar-refractivity contribution in [3.63, 3.8) is 0 Å². The number of hydrogen-bond donors (Lipinski definition) is 1. The number of aromatic nitrogens is 3. The van der Waals surface area contributed by atoms with E-state index in [4.69, 9.17) is 0 Å². The molecule has 0 saturated carbocycles. The lowest BCUT2D eigenvalue weighted by atomic mass is 10.1. The smallest absolute Gasteiger partial charge is 0.130 e. The summed E-state index contributed by atoms with van der Waals surface area (Å²) in [6.45, 7) is 2.23. The summed E-state index contributed by atoms with van der Waals surface area (Å²) in [6.07, 6.45) is 9.25. The van der Waals surface area contributed by atoms with Crippen LogP contribution in [0.25, 0.3) is 0 Å². The Hall–Kier alpha value is -0.860. The Bertz CT molecular complexity index is 182. The molecule has 1 heterocycles. The standard InChI is InChI=1S/C9H17N3/c1-2-3-4-5-6-7-9-10-8-11-12-9/h8H,2-7H2,1H3,(H,10,11,12). The van der Waals surface area contributed by atoms with Gasteiger partial charge in [-0.05, 0) is 6.42 Å². The molecule has 12 heavy (non-hydrogen) atoms. The van der Waals surface area contributed by atoms with Gasteiger partial charge in [0.05, 0.1) is 0 Å². The van der Waals surface area contributed by atoms with Crippen LogP contribution in [-0.4, -0.2) is 15.2 Å². The first-order valence-corrected chi connectivity index (χ1v) is 4.78. The average Bonchev–Trinajstić information content (AvgIpc) is 2.57. The molecule has 3 nitrogen and oxygen atoms in total. The van der Waals surface area contributed by atoms with E-state index in [1.165, 1.54) is 32.1 Å². The molecule has 1 aromatic heterocycles. The van der Waals surface area contributed by atoms with Gasteiger partial charge in [-0.2, -0.15) is 0 Å². The minimum absolute atomic E-state index is 1.02. The zero-order chi connectivity index (χ0) is 8.65. The summed E-state index contributed by atoms with van der Waals surface area (Å²) in [5.41, 5.74) is 0. The van der Waals surface area contributed by atoms with E-state index in [0.717, 1.165) is 12.2 Å². The van der Waals surface area contributed by atoms with Crippen LogP contribution in [0.3, 0.4) is 0 Å². The van der Waals surface area contributed by atoms with Gasteiger partial charge in [0.15, 0.2) is 0 Å². The van der Waals surface area contributed by atoms with Crippen LogP contribution in [0.4, 0.5) is 0 Å². The Labute approximate surface area is 73.6 Å². The highest BCUT2D eigenvalue weighted by atomic mass is 15.2. The molecule has 0 aliphatic rings. The number of aromatic amines is 1. The number of aryl methyl sites for hydroxylation is 1. The van der Waals surface area contributed by atoms with Gasteiger partial charge < -0.3 is 4.98 Å². The third kappa shape index (κ3) is 3.51. The molecule has 0 radical (unpaired) electrons. The molecule has 1 N–H and O–H groups in total. The highest BCUT2D eigenvalue weighted by Crippen LogP contribution is 2.04. The van der Waals surface area contributed by atoms with Crippen molar-refractivity contribution < 1.29 is 0 Å². The van der Waals surface area contributed by atoms with Crippen molar-refractivity contribution in [2.45, 2.75) is 45.4 Å². The Morgan fingerprint density at radius 1 is 1.25 bits per heavy atom. The van der Waals surface area contributed by atoms with Gasteiger partial charge in [0.2, 0.25) is 0 Å². The molecule has 68 valence electrons. The van der Waals surface area contributed by atoms with Gasteiger partial charge in [-0.15, -0.1) is 10.2 Å². The molecule has 0 unspecified atom stereocenters. The predicted molar refractivity (Wildman–Crippen MR) is 48.8 cm³/mol. The van der Waals surface area contributed by atoms with E-state index >= 15 is 0 Å². The zero-order valence-corrected chi connectivity index (χ0v) is 7.71. The lowest BCUT2D eigenvalue weighted by Gasteiger charge is -1.96. The normalized spacial score (nSPS) is 10.4. The van der Waals surface area contributed by atoms with E-state index in [-0.39, 0.29) is 0 Å². The van der Waals surface area contributed by atoms with E-state index in [1.807, 2.05) is 0 Å². The Morgan fingerprint density at radius 3 is 2.75 bits per heavy atom. The maximum Gasteiger partial charge on any atom is 0.130 e. The lowest BCUT2D eigenvalue weighted by Crippen LogP contribution is -1.88. The van der Waals surface area contributed by atoms with Crippen molar-refractivity contribution in [1.29, 1.82) is 0 Å². The SMILES string of the molecule is CCCCCCCc1nnc[nH]1. The molecule has 0 fully saturated rings. The number of rotatable bonds is 6. The fourth-order valence-electron chi connectivity index (χ4n) is 1.25. The van der Waals surface area contributed by atoms with E-state index in [9.17, 15) is 0 Å². The van der Waals surface area contributed by atoms with Gasteiger partial charge in [-0.3, -0.25) is 0 Å². The number of nitrogens with zero attached hydrogens (tertiary/aromatic N) is 2. The van der Waals surface area contributed by atoms with E-state index in [2.05, 4.69) is 22.1 Å².